The molecule has 0 bridgehead atoms. The van der Waals surface area contributed by atoms with Gasteiger partial charge in [0.1, 0.15) is 5.82 Å². The lowest BCUT2D eigenvalue weighted by Gasteiger charge is -2.28. The molecule has 4 rings (SSSR count). The third-order valence-corrected chi connectivity index (χ3v) is 4.80. The fourth-order valence-electron chi connectivity index (χ4n) is 3.30. The molecule has 0 saturated carbocycles. The van der Waals surface area contributed by atoms with E-state index in [0.717, 1.165) is 41.2 Å². The van der Waals surface area contributed by atoms with Crippen molar-refractivity contribution in [3.8, 4) is 11.1 Å². The van der Waals surface area contributed by atoms with Crippen molar-refractivity contribution >= 4 is 17.2 Å². The standard InChI is InChI=1S/C22H22N4O/c23-20-14-17(16-4-2-1-3-5-16)6-7-19(20)22(24)18-8-9-25-21(15-18)26-10-12-27-13-11-26/h1-9,14-15,24H,10-13,23H2. The molecule has 0 aliphatic carbocycles. The van der Waals surface area contributed by atoms with Gasteiger partial charge in [-0.3, -0.25) is 5.41 Å². The summed E-state index contributed by atoms with van der Waals surface area (Å²) in [5.41, 5.74) is 11.0. The fraction of sp³-hybridized carbons (Fsp3) is 0.182. The van der Waals surface area contributed by atoms with Crippen molar-refractivity contribution in [3.63, 3.8) is 0 Å². The zero-order valence-electron chi connectivity index (χ0n) is 15.1. The maximum absolute atomic E-state index is 8.65. The quantitative estimate of drug-likeness (QED) is 0.552. The van der Waals surface area contributed by atoms with Gasteiger partial charge >= 0.3 is 0 Å². The predicted molar refractivity (Wildman–Crippen MR) is 109 cm³/mol. The lowest BCUT2D eigenvalue weighted by molar-refractivity contribution is 0.122. The molecule has 136 valence electrons. The normalized spacial score (nSPS) is 14.1. The summed E-state index contributed by atoms with van der Waals surface area (Å²) in [6, 6.07) is 19.8. The number of anilines is 2. The van der Waals surface area contributed by atoms with Crippen LogP contribution in [0.1, 0.15) is 11.1 Å². The van der Waals surface area contributed by atoms with Crippen molar-refractivity contribution in [2.45, 2.75) is 0 Å². The van der Waals surface area contributed by atoms with Gasteiger partial charge in [-0.05, 0) is 29.3 Å². The number of hydrogen-bond donors (Lipinski definition) is 2. The number of pyridine rings is 1. The van der Waals surface area contributed by atoms with Crippen molar-refractivity contribution in [1.82, 2.24) is 4.98 Å². The SMILES string of the molecule is N=C(c1ccnc(N2CCOCC2)c1)c1ccc(-c2ccccc2)cc1N. The molecule has 0 radical (unpaired) electrons. The summed E-state index contributed by atoms with van der Waals surface area (Å²) in [7, 11) is 0. The Morgan fingerprint density at radius 1 is 0.963 bits per heavy atom. The first-order chi connectivity index (χ1) is 13.2. The highest BCUT2D eigenvalue weighted by atomic mass is 16.5. The molecule has 1 fully saturated rings. The van der Waals surface area contributed by atoms with Crippen LogP contribution < -0.4 is 10.6 Å². The number of aromatic nitrogens is 1. The molecule has 1 aliphatic heterocycles. The van der Waals surface area contributed by atoms with E-state index >= 15 is 0 Å². The van der Waals surface area contributed by atoms with Gasteiger partial charge in [-0.15, -0.1) is 0 Å². The summed E-state index contributed by atoms with van der Waals surface area (Å²) < 4.78 is 5.40. The summed E-state index contributed by atoms with van der Waals surface area (Å²) in [6.07, 6.45) is 1.75. The second-order valence-electron chi connectivity index (χ2n) is 6.55. The Kier molecular flexibility index (Phi) is 4.85. The third kappa shape index (κ3) is 3.68. The van der Waals surface area contributed by atoms with Crippen molar-refractivity contribution < 1.29 is 4.74 Å². The second-order valence-corrected chi connectivity index (χ2v) is 6.55. The summed E-state index contributed by atoms with van der Waals surface area (Å²) in [5.74, 6) is 0.875. The van der Waals surface area contributed by atoms with Crippen LogP contribution in [0.2, 0.25) is 0 Å². The van der Waals surface area contributed by atoms with Crippen LogP contribution in [0.15, 0.2) is 66.9 Å². The van der Waals surface area contributed by atoms with Gasteiger partial charge in [-0.1, -0.05) is 42.5 Å². The van der Waals surface area contributed by atoms with E-state index in [1.54, 1.807) is 6.20 Å². The fourth-order valence-corrected chi connectivity index (χ4v) is 3.30. The van der Waals surface area contributed by atoms with Gasteiger partial charge in [0.2, 0.25) is 0 Å². The number of nitrogens with one attached hydrogen (secondary N) is 1. The summed E-state index contributed by atoms with van der Waals surface area (Å²) in [6.45, 7) is 3.05. The van der Waals surface area contributed by atoms with Crippen LogP contribution in [0.25, 0.3) is 11.1 Å². The van der Waals surface area contributed by atoms with Gasteiger partial charge in [-0.25, -0.2) is 4.98 Å². The van der Waals surface area contributed by atoms with Gasteiger partial charge in [0.25, 0.3) is 0 Å². The van der Waals surface area contributed by atoms with Crippen LogP contribution in [0, 0.1) is 5.41 Å². The van der Waals surface area contributed by atoms with Gasteiger partial charge in [0.15, 0.2) is 0 Å². The molecule has 0 unspecified atom stereocenters. The molecule has 27 heavy (non-hydrogen) atoms. The third-order valence-electron chi connectivity index (χ3n) is 4.80. The lowest BCUT2D eigenvalue weighted by Crippen LogP contribution is -2.36. The van der Waals surface area contributed by atoms with E-state index in [1.807, 2.05) is 48.5 Å². The highest BCUT2D eigenvalue weighted by Gasteiger charge is 2.15. The van der Waals surface area contributed by atoms with Crippen LogP contribution in [-0.2, 0) is 4.74 Å². The van der Waals surface area contributed by atoms with Crippen molar-refractivity contribution in [3.05, 3.63) is 78.0 Å². The van der Waals surface area contributed by atoms with Crippen molar-refractivity contribution in [2.24, 2.45) is 0 Å². The molecule has 1 aromatic heterocycles. The minimum absolute atomic E-state index is 0.407. The molecule has 1 saturated heterocycles. The van der Waals surface area contributed by atoms with Crippen LogP contribution in [0.5, 0.6) is 0 Å². The van der Waals surface area contributed by atoms with Crippen LogP contribution in [0.3, 0.4) is 0 Å². The molecule has 0 atom stereocenters. The Bertz CT molecular complexity index is 950. The van der Waals surface area contributed by atoms with E-state index in [1.165, 1.54) is 0 Å². The average molecular weight is 358 g/mol. The second kappa shape index (κ2) is 7.60. The van der Waals surface area contributed by atoms with E-state index in [4.69, 9.17) is 15.9 Å². The number of nitrogens with zero attached hydrogens (tertiary/aromatic N) is 2. The Hall–Kier alpha value is -3.18. The molecule has 3 N–H and O–H groups in total. The highest BCUT2D eigenvalue weighted by molar-refractivity contribution is 6.14. The Labute approximate surface area is 158 Å². The highest BCUT2D eigenvalue weighted by Crippen LogP contribution is 2.26. The number of morpholine rings is 1. The number of ether oxygens (including phenoxy) is 1. The Balaban J connectivity index is 1.61. The molecule has 5 heteroatoms. The molecule has 5 nitrogen and oxygen atoms in total. The number of nitrogen functional groups attached to an aromatic ring is 1. The number of nitrogens with two attached hydrogens (primary N) is 1. The van der Waals surface area contributed by atoms with Crippen molar-refractivity contribution in [1.29, 1.82) is 5.41 Å². The number of benzene rings is 2. The molecule has 1 aliphatic rings. The van der Waals surface area contributed by atoms with Gasteiger partial charge in [0, 0.05) is 36.1 Å². The zero-order valence-corrected chi connectivity index (χ0v) is 15.1. The molecule has 2 heterocycles. The lowest BCUT2D eigenvalue weighted by atomic mass is 9.97. The predicted octanol–water partition coefficient (Wildman–Crippen LogP) is 3.58. The average Bonchev–Trinajstić information content (AvgIpc) is 2.74. The molecule has 0 spiro atoms. The summed E-state index contributed by atoms with van der Waals surface area (Å²) in [5, 5.41) is 8.65. The van der Waals surface area contributed by atoms with E-state index in [0.29, 0.717) is 24.6 Å². The summed E-state index contributed by atoms with van der Waals surface area (Å²) >= 11 is 0. The Morgan fingerprint density at radius 3 is 2.48 bits per heavy atom. The molecule has 0 amide bonds. The maximum atomic E-state index is 8.65. The number of hydrogen-bond acceptors (Lipinski definition) is 5. The molecule has 3 aromatic rings. The van der Waals surface area contributed by atoms with E-state index in [9.17, 15) is 0 Å². The smallest absolute Gasteiger partial charge is 0.129 e. The molecular weight excluding hydrogens is 336 g/mol. The first kappa shape index (κ1) is 17.2. The zero-order chi connectivity index (χ0) is 18.6. The van der Waals surface area contributed by atoms with Crippen molar-refractivity contribution in [2.75, 3.05) is 36.9 Å². The minimum Gasteiger partial charge on any atom is -0.398 e. The topological polar surface area (TPSA) is 75.2 Å². The van der Waals surface area contributed by atoms with E-state index < -0.39 is 0 Å². The van der Waals surface area contributed by atoms with E-state index in [2.05, 4.69) is 22.0 Å². The monoisotopic (exact) mass is 358 g/mol. The first-order valence-electron chi connectivity index (χ1n) is 9.05. The molecular formula is C22H22N4O. The largest absolute Gasteiger partial charge is 0.398 e. The van der Waals surface area contributed by atoms with Gasteiger partial charge in [-0.2, -0.15) is 0 Å². The minimum atomic E-state index is 0.407. The van der Waals surface area contributed by atoms with Crippen LogP contribution >= 0.6 is 0 Å². The van der Waals surface area contributed by atoms with Crippen LogP contribution in [-0.4, -0.2) is 37.0 Å². The Morgan fingerprint density at radius 2 is 1.74 bits per heavy atom. The molecule has 2 aromatic carbocycles. The van der Waals surface area contributed by atoms with Gasteiger partial charge in [0.05, 0.1) is 18.9 Å². The van der Waals surface area contributed by atoms with E-state index in [-0.39, 0.29) is 0 Å². The summed E-state index contributed by atoms with van der Waals surface area (Å²) in [4.78, 5) is 6.64. The van der Waals surface area contributed by atoms with Crippen LogP contribution in [0.4, 0.5) is 11.5 Å². The van der Waals surface area contributed by atoms with Gasteiger partial charge < -0.3 is 15.4 Å². The number of rotatable bonds is 4. The maximum Gasteiger partial charge on any atom is 0.129 e. The first-order valence-corrected chi connectivity index (χ1v) is 9.05.